The maximum Gasteiger partial charge on any atom is 0.319 e. The lowest BCUT2D eigenvalue weighted by molar-refractivity contribution is 0.0406. The van der Waals surface area contributed by atoms with Crippen LogP contribution in [0.3, 0.4) is 0 Å². The van der Waals surface area contributed by atoms with E-state index >= 15 is 0 Å². The number of nitrogens with one attached hydrogen (secondary N) is 2. The Morgan fingerprint density at radius 2 is 1.84 bits per heavy atom. The highest BCUT2D eigenvalue weighted by atomic mass is 19.1. The van der Waals surface area contributed by atoms with Crippen molar-refractivity contribution in [2.75, 3.05) is 36.5 Å². The number of aliphatic hydroxyl groups is 1. The van der Waals surface area contributed by atoms with Gasteiger partial charge in [0.1, 0.15) is 17.7 Å². The summed E-state index contributed by atoms with van der Waals surface area (Å²) in [5, 5.41) is 17.9. The SMILES string of the molecule is Cc1cnc(N2CCC(ON=C3CCC(c4cc(F)c(NC(=O)NCCCO)cc4F)CC3)CC2)nc1. The molecule has 37 heavy (non-hydrogen) atoms. The number of amides is 2. The Bertz CT molecular complexity index is 1080. The Balaban J connectivity index is 1.24. The minimum Gasteiger partial charge on any atom is -0.396 e. The standard InChI is InChI=1S/C26H34F2N6O3/c1-17-15-30-25(31-16-17)34-10-7-20(8-11-34)37-33-19-5-3-18(4-6-19)21-13-23(28)24(14-22(21)27)32-26(36)29-9-2-12-35/h13-16,18,20,35H,2-12H2,1H3,(H2,29,32,36). The fourth-order valence-electron chi connectivity index (χ4n) is 4.63. The monoisotopic (exact) mass is 516 g/mol. The molecule has 2 heterocycles. The van der Waals surface area contributed by atoms with Crippen molar-refractivity contribution >= 4 is 23.4 Å². The van der Waals surface area contributed by atoms with E-state index in [1.54, 1.807) is 0 Å². The van der Waals surface area contributed by atoms with Crippen LogP contribution in [0.2, 0.25) is 0 Å². The van der Waals surface area contributed by atoms with Gasteiger partial charge in [-0.25, -0.2) is 23.5 Å². The first-order chi connectivity index (χ1) is 17.9. The third-order valence-corrected chi connectivity index (χ3v) is 6.78. The predicted octanol–water partition coefficient (Wildman–Crippen LogP) is 4.27. The molecule has 0 bridgehead atoms. The van der Waals surface area contributed by atoms with Gasteiger partial charge >= 0.3 is 6.03 Å². The number of carbonyl (C=O) groups excluding carboxylic acids is 1. The van der Waals surface area contributed by atoms with Crippen LogP contribution in [0.15, 0.2) is 29.7 Å². The average Bonchev–Trinajstić information content (AvgIpc) is 2.91. The molecule has 2 amide bonds. The first kappa shape index (κ1) is 26.7. The van der Waals surface area contributed by atoms with E-state index in [9.17, 15) is 13.6 Å². The van der Waals surface area contributed by atoms with Gasteiger partial charge < -0.3 is 25.5 Å². The van der Waals surface area contributed by atoms with Crippen LogP contribution >= 0.6 is 0 Å². The molecule has 0 unspecified atom stereocenters. The van der Waals surface area contributed by atoms with Gasteiger partial charge in [0.15, 0.2) is 0 Å². The number of anilines is 2. The smallest absolute Gasteiger partial charge is 0.319 e. The molecule has 1 aliphatic heterocycles. The summed E-state index contributed by atoms with van der Waals surface area (Å²) >= 11 is 0. The molecule has 2 fully saturated rings. The summed E-state index contributed by atoms with van der Waals surface area (Å²) in [7, 11) is 0. The van der Waals surface area contributed by atoms with Crippen LogP contribution in [0.25, 0.3) is 0 Å². The molecule has 1 aliphatic carbocycles. The fraction of sp³-hybridized carbons (Fsp3) is 0.538. The molecule has 1 saturated heterocycles. The van der Waals surface area contributed by atoms with E-state index in [4.69, 9.17) is 9.94 Å². The van der Waals surface area contributed by atoms with Crippen molar-refractivity contribution in [2.24, 2.45) is 5.16 Å². The minimum atomic E-state index is -0.682. The summed E-state index contributed by atoms with van der Waals surface area (Å²) < 4.78 is 29.4. The number of piperidine rings is 1. The Kier molecular flexibility index (Phi) is 9.21. The van der Waals surface area contributed by atoms with E-state index in [1.165, 1.54) is 6.07 Å². The number of hydrogen-bond acceptors (Lipinski definition) is 7. The van der Waals surface area contributed by atoms with E-state index in [2.05, 4.69) is 30.7 Å². The lowest BCUT2D eigenvalue weighted by Gasteiger charge is -2.31. The Labute approximate surface area is 215 Å². The van der Waals surface area contributed by atoms with Crippen LogP contribution in [-0.4, -0.2) is 59.2 Å². The van der Waals surface area contributed by atoms with Crippen molar-refractivity contribution in [3.05, 3.63) is 47.3 Å². The lowest BCUT2D eigenvalue weighted by atomic mass is 9.83. The first-order valence-corrected chi connectivity index (χ1v) is 12.8. The van der Waals surface area contributed by atoms with Crippen LogP contribution in [0.5, 0.6) is 0 Å². The Morgan fingerprint density at radius 1 is 1.14 bits per heavy atom. The molecule has 2 aliphatic rings. The molecular formula is C26H34F2N6O3. The van der Waals surface area contributed by atoms with Gasteiger partial charge in [0.2, 0.25) is 5.95 Å². The van der Waals surface area contributed by atoms with Crippen molar-refractivity contribution in [3.8, 4) is 0 Å². The molecule has 4 rings (SSSR count). The maximum atomic E-state index is 14.8. The van der Waals surface area contributed by atoms with E-state index in [1.807, 2.05) is 19.3 Å². The topological polar surface area (TPSA) is 112 Å². The molecule has 3 N–H and O–H groups in total. The molecule has 200 valence electrons. The number of oxime groups is 1. The second-order valence-electron chi connectivity index (χ2n) is 9.60. The third kappa shape index (κ3) is 7.34. The zero-order valence-electron chi connectivity index (χ0n) is 21.1. The molecule has 1 saturated carbocycles. The van der Waals surface area contributed by atoms with E-state index in [0.29, 0.717) is 37.7 Å². The zero-order chi connectivity index (χ0) is 26.2. The summed E-state index contributed by atoms with van der Waals surface area (Å²) in [5.74, 6) is -0.613. The molecule has 2 aromatic rings. The molecule has 0 radical (unpaired) electrons. The largest absolute Gasteiger partial charge is 0.396 e. The van der Waals surface area contributed by atoms with E-state index in [-0.39, 0.29) is 30.9 Å². The highest BCUT2D eigenvalue weighted by molar-refractivity contribution is 5.89. The van der Waals surface area contributed by atoms with Gasteiger partial charge in [-0.1, -0.05) is 5.16 Å². The minimum absolute atomic E-state index is 0.0411. The number of aliphatic hydroxyl groups excluding tert-OH is 1. The second kappa shape index (κ2) is 12.8. The van der Waals surface area contributed by atoms with Crippen LogP contribution in [-0.2, 0) is 4.84 Å². The molecule has 0 spiro atoms. The van der Waals surface area contributed by atoms with Gasteiger partial charge in [0, 0.05) is 57.5 Å². The summed E-state index contributed by atoms with van der Waals surface area (Å²) in [6, 6.07) is 1.55. The van der Waals surface area contributed by atoms with Gasteiger partial charge in [-0.2, -0.15) is 0 Å². The van der Waals surface area contributed by atoms with Crippen molar-refractivity contribution in [3.63, 3.8) is 0 Å². The summed E-state index contributed by atoms with van der Waals surface area (Å²) in [6.07, 6.45) is 8.35. The first-order valence-electron chi connectivity index (χ1n) is 12.8. The highest BCUT2D eigenvalue weighted by Crippen LogP contribution is 2.35. The number of urea groups is 1. The van der Waals surface area contributed by atoms with E-state index < -0.39 is 17.7 Å². The second-order valence-corrected chi connectivity index (χ2v) is 9.60. The fourth-order valence-corrected chi connectivity index (χ4v) is 4.63. The highest BCUT2D eigenvalue weighted by Gasteiger charge is 2.26. The van der Waals surface area contributed by atoms with Gasteiger partial charge in [0.25, 0.3) is 0 Å². The van der Waals surface area contributed by atoms with Gasteiger partial charge in [-0.05, 0) is 62.1 Å². The lowest BCUT2D eigenvalue weighted by Crippen LogP contribution is -2.37. The summed E-state index contributed by atoms with van der Waals surface area (Å²) in [5.41, 5.74) is 2.08. The molecular weight excluding hydrogens is 482 g/mol. The number of halogens is 2. The van der Waals surface area contributed by atoms with Gasteiger partial charge in [-0.3, -0.25) is 0 Å². The van der Waals surface area contributed by atoms with Crippen LogP contribution in [0, 0.1) is 18.6 Å². The number of rotatable bonds is 8. The molecule has 11 heteroatoms. The summed E-state index contributed by atoms with van der Waals surface area (Å²) in [4.78, 5) is 28.6. The molecule has 1 aromatic carbocycles. The molecule has 9 nitrogen and oxygen atoms in total. The van der Waals surface area contributed by atoms with Gasteiger partial charge in [0.05, 0.1) is 11.4 Å². The quantitative estimate of drug-likeness (QED) is 0.357. The Hall–Kier alpha value is -3.34. The van der Waals surface area contributed by atoms with Crippen molar-refractivity contribution in [2.45, 2.75) is 63.9 Å². The van der Waals surface area contributed by atoms with Crippen molar-refractivity contribution < 1.29 is 23.5 Å². The van der Waals surface area contributed by atoms with Crippen molar-refractivity contribution in [1.82, 2.24) is 15.3 Å². The predicted molar refractivity (Wildman–Crippen MR) is 137 cm³/mol. The molecule has 1 aromatic heterocycles. The van der Waals surface area contributed by atoms with Crippen LogP contribution in [0.1, 0.15) is 62.0 Å². The Morgan fingerprint density at radius 3 is 2.51 bits per heavy atom. The maximum absolute atomic E-state index is 14.8. The van der Waals surface area contributed by atoms with Crippen molar-refractivity contribution in [1.29, 1.82) is 0 Å². The van der Waals surface area contributed by atoms with Gasteiger partial charge in [-0.15, -0.1) is 0 Å². The number of carbonyl (C=O) groups is 1. The number of benzene rings is 1. The molecule has 0 atom stereocenters. The number of hydrogen-bond donors (Lipinski definition) is 3. The average molecular weight is 517 g/mol. The van der Waals surface area contributed by atoms with E-state index in [0.717, 1.165) is 49.2 Å². The summed E-state index contributed by atoms with van der Waals surface area (Å²) in [6.45, 7) is 3.75. The normalized spacial score (nSPS) is 18.4. The van der Waals surface area contributed by atoms with Crippen LogP contribution in [0.4, 0.5) is 25.2 Å². The number of aryl methyl sites for hydroxylation is 1. The third-order valence-electron chi connectivity index (χ3n) is 6.78. The van der Waals surface area contributed by atoms with Crippen LogP contribution < -0.4 is 15.5 Å². The number of aromatic nitrogens is 2. The zero-order valence-corrected chi connectivity index (χ0v) is 21.1. The number of nitrogens with zero attached hydrogens (tertiary/aromatic N) is 4.